The molecule has 0 saturated carbocycles. The first-order chi connectivity index (χ1) is 7.22. The molecule has 0 aliphatic carbocycles. The number of aromatic nitrogens is 1. The van der Waals surface area contributed by atoms with Crippen molar-refractivity contribution in [3.63, 3.8) is 0 Å². The van der Waals surface area contributed by atoms with E-state index < -0.39 is 0 Å². The van der Waals surface area contributed by atoms with Gasteiger partial charge in [0.05, 0.1) is 0 Å². The van der Waals surface area contributed by atoms with Crippen LogP contribution in [0.5, 0.6) is 0 Å². The summed E-state index contributed by atoms with van der Waals surface area (Å²) >= 11 is 1.97. The van der Waals surface area contributed by atoms with Crippen molar-refractivity contribution in [3.05, 3.63) is 35.5 Å². The molecule has 0 atom stereocenters. The standard InChI is InChI=1S/C13H17NS/c1-4-15-9-12-8-11-7-10(2)5-6-13(11)14(12)3/h5-8H,4,9H2,1-3H3. The van der Waals surface area contributed by atoms with Crippen LogP contribution in [0.25, 0.3) is 10.9 Å². The van der Waals surface area contributed by atoms with Crippen LogP contribution in [-0.2, 0) is 12.8 Å². The van der Waals surface area contributed by atoms with Gasteiger partial charge in [0, 0.05) is 29.4 Å². The first-order valence-corrected chi connectivity index (χ1v) is 6.50. The molecule has 0 saturated heterocycles. The lowest BCUT2D eigenvalue weighted by molar-refractivity contribution is 0.909. The fraction of sp³-hybridized carbons (Fsp3) is 0.385. The molecule has 0 aliphatic heterocycles. The van der Waals surface area contributed by atoms with E-state index in [0.29, 0.717) is 0 Å². The van der Waals surface area contributed by atoms with Crippen LogP contribution in [-0.4, -0.2) is 10.3 Å². The van der Waals surface area contributed by atoms with Crippen molar-refractivity contribution >= 4 is 22.7 Å². The number of hydrogen-bond donors (Lipinski definition) is 0. The Kier molecular flexibility index (Phi) is 3.06. The van der Waals surface area contributed by atoms with Crippen LogP contribution >= 0.6 is 11.8 Å². The highest BCUT2D eigenvalue weighted by Gasteiger charge is 2.04. The van der Waals surface area contributed by atoms with Crippen LogP contribution in [0, 0.1) is 6.92 Å². The Morgan fingerprint density at radius 1 is 1.27 bits per heavy atom. The second kappa shape index (κ2) is 4.31. The molecule has 2 heteroatoms. The minimum atomic E-state index is 1.11. The molecule has 1 nitrogen and oxygen atoms in total. The van der Waals surface area contributed by atoms with E-state index in [-0.39, 0.29) is 0 Å². The van der Waals surface area contributed by atoms with Crippen molar-refractivity contribution in [1.82, 2.24) is 4.57 Å². The van der Waals surface area contributed by atoms with Crippen LogP contribution < -0.4 is 0 Å². The van der Waals surface area contributed by atoms with E-state index in [0.717, 1.165) is 5.75 Å². The molecule has 0 N–H and O–H groups in total. The van der Waals surface area contributed by atoms with E-state index in [9.17, 15) is 0 Å². The number of thioether (sulfide) groups is 1. The molecular weight excluding hydrogens is 202 g/mol. The molecule has 1 aromatic carbocycles. The zero-order valence-corrected chi connectivity index (χ0v) is 10.4. The maximum absolute atomic E-state index is 2.31. The first kappa shape index (κ1) is 10.6. The Morgan fingerprint density at radius 3 is 2.80 bits per heavy atom. The SMILES string of the molecule is CCSCc1cc2cc(C)ccc2n1C. The molecule has 0 bridgehead atoms. The van der Waals surface area contributed by atoms with Gasteiger partial charge in [0.1, 0.15) is 0 Å². The molecule has 0 fully saturated rings. The summed E-state index contributed by atoms with van der Waals surface area (Å²) in [5, 5.41) is 1.37. The highest BCUT2D eigenvalue weighted by Crippen LogP contribution is 2.22. The molecular formula is C13H17NS. The van der Waals surface area contributed by atoms with E-state index >= 15 is 0 Å². The topological polar surface area (TPSA) is 4.93 Å². The number of hydrogen-bond acceptors (Lipinski definition) is 1. The fourth-order valence-electron chi connectivity index (χ4n) is 1.87. The lowest BCUT2D eigenvalue weighted by Gasteiger charge is -2.02. The molecule has 80 valence electrons. The van der Waals surface area contributed by atoms with Gasteiger partial charge in [-0.2, -0.15) is 11.8 Å². The Bertz CT molecular complexity index is 471. The van der Waals surface area contributed by atoms with Gasteiger partial charge in [-0.15, -0.1) is 0 Å². The van der Waals surface area contributed by atoms with E-state index in [1.807, 2.05) is 11.8 Å². The summed E-state index contributed by atoms with van der Waals surface area (Å²) < 4.78 is 2.30. The number of benzene rings is 1. The van der Waals surface area contributed by atoms with Crippen LogP contribution in [0.2, 0.25) is 0 Å². The second-order valence-corrected chi connectivity index (χ2v) is 5.17. The Labute approximate surface area is 95.5 Å². The molecule has 1 aromatic heterocycles. The van der Waals surface area contributed by atoms with Gasteiger partial charge in [0.15, 0.2) is 0 Å². The van der Waals surface area contributed by atoms with E-state index in [2.05, 4.69) is 49.7 Å². The molecule has 0 amide bonds. The lowest BCUT2D eigenvalue weighted by atomic mass is 10.2. The van der Waals surface area contributed by atoms with Crippen LogP contribution in [0.15, 0.2) is 24.3 Å². The van der Waals surface area contributed by atoms with Gasteiger partial charge in [-0.05, 0) is 30.9 Å². The highest BCUT2D eigenvalue weighted by atomic mass is 32.2. The fourth-order valence-corrected chi connectivity index (χ4v) is 2.56. The highest BCUT2D eigenvalue weighted by molar-refractivity contribution is 7.98. The number of rotatable bonds is 3. The van der Waals surface area contributed by atoms with Crippen molar-refractivity contribution < 1.29 is 0 Å². The van der Waals surface area contributed by atoms with Crippen molar-refractivity contribution in [1.29, 1.82) is 0 Å². The average Bonchev–Trinajstić information content (AvgIpc) is 2.52. The number of fused-ring (bicyclic) bond motifs is 1. The Hall–Kier alpha value is -0.890. The van der Waals surface area contributed by atoms with E-state index in [4.69, 9.17) is 0 Å². The number of aryl methyl sites for hydroxylation is 2. The quantitative estimate of drug-likeness (QED) is 0.761. The van der Waals surface area contributed by atoms with Crippen LogP contribution in [0.3, 0.4) is 0 Å². The van der Waals surface area contributed by atoms with Crippen molar-refractivity contribution in [2.45, 2.75) is 19.6 Å². The van der Waals surface area contributed by atoms with Gasteiger partial charge in [0.25, 0.3) is 0 Å². The normalized spacial score (nSPS) is 11.1. The van der Waals surface area contributed by atoms with E-state index in [1.165, 1.54) is 27.9 Å². The first-order valence-electron chi connectivity index (χ1n) is 5.35. The molecule has 0 spiro atoms. The lowest BCUT2D eigenvalue weighted by Crippen LogP contribution is -1.93. The van der Waals surface area contributed by atoms with Gasteiger partial charge >= 0.3 is 0 Å². The average molecular weight is 219 g/mol. The van der Waals surface area contributed by atoms with Gasteiger partial charge < -0.3 is 4.57 Å². The van der Waals surface area contributed by atoms with Crippen molar-refractivity contribution in [2.75, 3.05) is 5.75 Å². The smallest absolute Gasteiger partial charge is 0.0480 e. The summed E-state index contributed by atoms with van der Waals surface area (Å²) in [7, 11) is 2.16. The predicted molar refractivity (Wildman–Crippen MR) is 69.5 cm³/mol. The maximum Gasteiger partial charge on any atom is 0.0480 e. The largest absolute Gasteiger partial charge is 0.347 e. The molecule has 0 aliphatic rings. The zero-order chi connectivity index (χ0) is 10.8. The van der Waals surface area contributed by atoms with Gasteiger partial charge in [-0.3, -0.25) is 0 Å². The van der Waals surface area contributed by atoms with Crippen LogP contribution in [0.1, 0.15) is 18.2 Å². The van der Waals surface area contributed by atoms with Gasteiger partial charge in [-0.1, -0.05) is 18.6 Å². The molecule has 0 radical (unpaired) electrons. The second-order valence-electron chi connectivity index (χ2n) is 3.89. The summed E-state index contributed by atoms with van der Waals surface area (Å²) in [4.78, 5) is 0. The van der Waals surface area contributed by atoms with Crippen molar-refractivity contribution in [3.8, 4) is 0 Å². The minimum absolute atomic E-state index is 1.11. The van der Waals surface area contributed by atoms with Crippen LogP contribution in [0.4, 0.5) is 0 Å². The van der Waals surface area contributed by atoms with E-state index in [1.54, 1.807) is 0 Å². The summed E-state index contributed by atoms with van der Waals surface area (Å²) in [6.45, 7) is 4.35. The third-order valence-corrected chi connectivity index (χ3v) is 3.66. The molecule has 0 unspecified atom stereocenters. The third kappa shape index (κ3) is 2.05. The Morgan fingerprint density at radius 2 is 2.07 bits per heavy atom. The monoisotopic (exact) mass is 219 g/mol. The minimum Gasteiger partial charge on any atom is -0.347 e. The molecule has 2 aromatic rings. The summed E-state index contributed by atoms with van der Waals surface area (Å²) in [6, 6.07) is 8.96. The maximum atomic E-state index is 2.31. The summed E-state index contributed by atoms with van der Waals surface area (Å²) in [5.41, 5.74) is 4.09. The Balaban J connectivity index is 2.44. The van der Waals surface area contributed by atoms with Gasteiger partial charge in [-0.25, -0.2) is 0 Å². The third-order valence-electron chi connectivity index (χ3n) is 2.75. The molecule has 1 heterocycles. The summed E-state index contributed by atoms with van der Waals surface area (Å²) in [5.74, 6) is 2.29. The number of nitrogens with zero attached hydrogens (tertiary/aromatic N) is 1. The molecule has 2 rings (SSSR count). The van der Waals surface area contributed by atoms with Crippen molar-refractivity contribution in [2.24, 2.45) is 7.05 Å². The summed E-state index contributed by atoms with van der Waals surface area (Å²) in [6.07, 6.45) is 0. The van der Waals surface area contributed by atoms with Gasteiger partial charge in [0.2, 0.25) is 0 Å². The molecule has 15 heavy (non-hydrogen) atoms. The predicted octanol–water partition coefficient (Wildman–Crippen LogP) is 3.74. The zero-order valence-electron chi connectivity index (χ0n) is 9.58.